The summed E-state index contributed by atoms with van der Waals surface area (Å²) in [6.07, 6.45) is 12.9. The summed E-state index contributed by atoms with van der Waals surface area (Å²) in [6, 6.07) is 5.57. The Hall–Kier alpha value is -3.15. The van der Waals surface area contributed by atoms with Crippen molar-refractivity contribution in [3.63, 3.8) is 0 Å². The maximum Gasteiger partial charge on any atom is 0.321 e. The Morgan fingerprint density at radius 1 is 1.11 bits per heavy atom. The molecule has 1 saturated carbocycles. The van der Waals surface area contributed by atoms with Crippen LogP contribution >= 0.6 is 0 Å². The second-order valence-corrected chi connectivity index (χ2v) is 6.78. The smallest absolute Gasteiger partial charge is 0.321 e. The molecule has 0 amide bonds. The van der Waals surface area contributed by atoms with E-state index in [0.29, 0.717) is 23.0 Å². The molecule has 1 aromatic carbocycles. The molecule has 0 spiro atoms. The van der Waals surface area contributed by atoms with Crippen molar-refractivity contribution in [1.29, 1.82) is 0 Å². The Kier molecular flexibility index (Phi) is 3.89. The van der Waals surface area contributed by atoms with Crippen LogP contribution in [0.4, 0.5) is 4.39 Å². The van der Waals surface area contributed by atoms with Crippen LogP contribution < -0.4 is 4.74 Å². The topological polar surface area (TPSA) is 59.7 Å². The van der Waals surface area contributed by atoms with E-state index in [-0.39, 0.29) is 11.8 Å². The van der Waals surface area contributed by atoms with E-state index in [1.54, 1.807) is 30.7 Å². The maximum absolute atomic E-state index is 15.5. The number of allylic oxidation sites excluding steroid dienone is 1. The summed E-state index contributed by atoms with van der Waals surface area (Å²) in [5.41, 5.74) is 2.77. The fourth-order valence-corrected chi connectivity index (χ4v) is 3.48. The van der Waals surface area contributed by atoms with E-state index >= 15 is 4.39 Å². The van der Waals surface area contributed by atoms with Gasteiger partial charge in [-0.1, -0.05) is 18.6 Å². The first-order valence-corrected chi connectivity index (χ1v) is 9.10. The maximum atomic E-state index is 15.5. The van der Waals surface area contributed by atoms with Crippen molar-refractivity contribution in [2.75, 3.05) is 0 Å². The summed E-state index contributed by atoms with van der Waals surface area (Å²) < 4.78 is 21.3. The molecule has 0 unspecified atom stereocenters. The zero-order chi connectivity index (χ0) is 18.2. The van der Waals surface area contributed by atoms with Crippen molar-refractivity contribution >= 4 is 17.7 Å². The molecule has 1 aromatic heterocycles. The lowest BCUT2D eigenvalue weighted by Crippen LogP contribution is -2.12. The number of hydrogen-bond donors (Lipinski definition) is 0. The second-order valence-electron chi connectivity index (χ2n) is 6.78. The van der Waals surface area contributed by atoms with Crippen molar-refractivity contribution < 1.29 is 9.13 Å². The molecule has 5 rings (SSSR count). The first-order valence-electron chi connectivity index (χ1n) is 9.10. The molecule has 1 aliphatic carbocycles. The normalized spacial score (nSPS) is 18.3. The van der Waals surface area contributed by atoms with Crippen LogP contribution in [-0.4, -0.2) is 22.0 Å². The molecule has 3 aliphatic rings. The molecule has 0 atom stereocenters. The summed E-state index contributed by atoms with van der Waals surface area (Å²) in [7, 11) is 0. The number of amidine groups is 1. The first kappa shape index (κ1) is 16.1. The van der Waals surface area contributed by atoms with Crippen LogP contribution in [-0.2, 0) is 0 Å². The van der Waals surface area contributed by atoms with Gasteiger partial charge in [-0.15, -0.1) is 0 Å². The fourth-order valence-electron chi connectivity index (χ4n) is 3.48. The third kappa shape index (κ3) is 2.87. The molecule has 1 fully saturated rings. The first-order chi connectivity index (χ1) is 13.3. The number of aromatic nitrogens is 2. The summed E-state index contributed by atoms with van der Waals surface area (Å²) in [5, 5.41) is 0. The lowest BCUT2D eigenvalue weighted by molar-refractivity contribution is 0.370. The zero-order valence-corrected chi connectivity index (χ0v) is 14.6. The highest BCUT2D eigenvalue weighted by Crippen LogP contribution is 2.44. The van der Waals surface area contributed by atoms with Gasteiger partial charge in [0.15, 0.2) is 17.4 Å². The minimum atomic E-state index is -0.425. The lowest BCUT2D eigenvalue weighted by Gasteiger charge is -2.28. The zero-order valence-electron chi connectivity index (χ0n) is 14.6. The number of benzene rings is 1. The molecular weight excluding hydrogens is 343 g/mol. The van der Waals surface area contributed by atoms with Crippen LogP contribution in [0.2, 0.25) is 0 Å². The van der Waals surface area contributed by atoms with Crippen LogP contribution in [0.25, 0.3) is 5.70 Å². The van der Waals surface area contributed by atoms with Gasteiger partial charge in [-0.3, -0.25) is 0 Å². The van der Waals surface area contributed by atoms with Gasteiger partial charge in [-0.25, -0.2) is 24.3 Å². The van der Waals surface area contributed by atoms with Gasteiger partial charge in [-0.05, 0) is 37.0 Å². The van der Waals surface area contributed by atoms with Crippen LogP contribution in [0, 0.1) is 5.82 Å². The van der Waals surface area contributed by atoms with Crippen LogP contribution in [0.5, 0.6) is 11.8 Å². The van der Waals surface area contributed by atoms with Gasteiger partial charge in [-0.2, -0.15) is 0 Å². The van der Waals surface area contributed by atoms with Gasteiger partial charge >= 0.3 is 6.01 Å². The van der Waals surface area contributed by atoms with Crippen molar-refractivity contribution in [3.05, 3.63) is 65.3 Å². The fraction of sp³-hybridized carbons (Fsp3) is 0.238. The number of ether oxygens (including phenoxy) is 1. The van der Waals surface area contributed by atoms with Gasteiger partial charge < -0.3 is 4.74 Å². The summed E-state index contributed by atoms with van der Waals surface area (Å²) in [4.78, 5) is 16.9. The molecule has 3 heterocycles. The summed E-state index contributed by atoms with van der Waals surface area (Å²) >= 11 is 0. The van der Waals surface area contributed by atoms with Gasteiger partial charge in [0.2, 0.25) is 0 Å². The highest BCUT2D eigenvalue weighted by molar-refractivity contribution is 6.13. The average Bonchev–Trinajstić information content (AvgIpc) is 3.08. The monoisotopic (exact) mass is 360 g/mol. The Labute approximate surface area is 156 Å². The average molecular weight is 360 g/mol. The quantitative estimate of drug-likeness (QED) is 0.785. The third-order valence-corrected chi connectivity index (χ3v) is 5.12. The number of aliphatic imine (C=N–C) groups is 2. The molecule has 2 aliphatic heterocycles. The minimum Gasteiger partial charge on any atom is -0.421 e. The third-order valence-electron chi connectivity index (χ3n) is 5.12. The molecule has 5 nitrogen and oxygen atoms in total. The number of halogens is 1. The Bertz CT molecular complexity index is 1020. The van der Waals surface area contributed by atoms with Crippen molar-refractivity contribution in [2.45, 2.75) is 31.6 Å². The number of fused-ring (bicyclic) bond motifs is 1. The molecule has 0 N–H and O–H groups in total. The van der Waals surface area contributed by atoms with Crippen LogP contribution in [0.3, 0.4) is 0 Å². The highest BCUT2D eigenvalue weighted by atomic mass is 19.1. The van der Waals surface area contributed by atoms with E-state index in [0.717, 1.165) is 36.8 Å². The number of dihydropyridines is 1. The predicted octanol–water partition coefficient (Wildman–Crippen LogP) is 4.83. The Morgan fingerprint density at radius 2 is 1.96 bits per heavy atom. The van der Waals surface area contributed by atoms with E-state index in [9.17, 15) is 0 Å². The van der Waals surface area contributed by atoms with Crippen LogP contribution in [0.1, 0.15) is 42.7 Å². The molecule has 134 valence electrons. The lowest BCUT2D eigenvalue weighted by atomic mass is 9.79. The number of rotatable bonds is 4. The van der Waals surface area contributed by atoms with Gasteiger partial charge in [0.25, 0.3) is 0 Å². The Balaban J connectivity index is 1.59. The van der Waals surface area contributed by atoms with Crippen molar-refractivity contribution in [1.82, 2.24) is 9.97 Å². The van der Waals surface area contributed by atoms with E-state index in [2.05, 4.69) is 20.0 Å². The molecule has 27 heavy (non-hydrogen) atoms. The van der Waals surface area contributed by atoms with E-state index in [1.165, 1.54) is 0 Å². The molecule has 0 bridgehead atoms. The van der Waals surface area contributed by atoms with Gasteiger partial charge in [0, 0.05) is 41.7 Å². The van der Waals surface area contributed by atoms with E-state index in [1.807, 2.05) is 18.2 Å². The standard InChI is InChI=1S/C21H17FN4O/c22-18-16(17-12-14-6-2-9-23-20(14)26-17)8-7-15(13-4-1-5-13)19(18)27-21-24-10-3-11-25-21/h3,6-13H,1-2,4-5H2. The minimum absolute atomic E-state index is 0.141. The van der Waals surface area contributed by atoms with Gasteiger partial charge in [0.1, 0.15) is 0 Å². The molecule has 2 aromatic rings. The molecular formula is C21H17FN4O. The highest BCUT2D eigenvalue weighted by Gasteiger charge is 2.29. The molecule has 6 heteroatoms. The number of hydrogen-bond acceptors (Lipinski definition) is 5. The summed E-state index contributed by atoms with van der Waals surface area (Å²) in [6.45, 7) is 0. The largest absolute Gasteiger partial charge is 0.421 e. The van der Waals surface area contributed by atoms with E-state index < -0.39 is 5.82 Å². The molecule has 0 saturated heterocycles. The number of nitrogens with zero attached hydrogens (tertiary/aromatic N) is 4. The predicted molar refractivity (Wildman–Crippen MR) is 102 cm³/mol. The van der Waals surface area contributed by atoms with Crippen molar-refractivity contribution in [3.8, 4) is 11.8 Å². The molecule has 0 radical (unpaired) electrons. The van der Waals surface area contributed by atoms with E-state index in [4.69, 9.17) is 4.74 Å². The Morgan fingerprint density at radius 3 is 2.70 bits per heavy atom. The second kappa shape index (κ2) is 6.54. The van der Waals surface area contributed by atoms with Crippen LogP contribution in [0.15, 0.2) is 58.3 Å². The van der Waals surface area contributed by atoms with Gasteiger partial charge in [0.05, 0.1) is 5.70 Å². The van der Waals surface area contributed by atoms with Crippen molar-refractivity contribution in [2.24, 2.45) is 9.98 Å². The summed E-state index contributed by atoms with van der Waals surface area (Å²) in [5.74, 6) is 0.723. The SMILES string of the molecule is Fc1c(C2=CC3=CCC=NC3=N2)ccc(C2CCC2)c1Oc1ncccn1.